The summed E-state index contributed by atoms with van der Waals surface area (Å²) >= 11 is 0. The second kappa shape index (κ2) is 5.35. The van der Waals surface area contributed by atoms with E-state index >= 15 is 0 Å². The van der Waals surface area contributed by atoms with E-state index in [9.17, 15) is 0 Å². The number of aryl methyl sites for hydroxylation is 1. The molecule has 0 aliphatic heterocycles. The summed E-state index contributed by atoms with van der Waals surface area (Å²) < 4.78 is 5.89. The second-order valence-electron chi connectivity index (χ2n) is 4.00. The van der Waals surface area contributed by atoms with Crippen LogP contribution in [0.1, 0.15) is 17.2 Å². The summed E-state index contributed by atoms with van der Waals surface area (Å²) in [6.07, 6.45) is 1.72. The van der Waals surface area contributed by atoms with Crippen molar-refractivity contribution in [1.29, 1.82) is 0 Å². The molecule has 1 nitrogen and oxygen atoms in total. The van der Waals surface area contributed by atoms with Crippen molar-refractivity contribution in [3.05, 3.63) is 78.4 Å². The van der Waals surface area contributed by atoms with Gasteiger partial charge >= 0.3 is 0 Å². The van der Waals surface area contributed by atoms with Crippen LogP contribution in [0.3, 0.4) is 0 Å². The maximum absolute atomic E-state index is 5.89. The van der Waals surface area contributed by atoms with Crippen LogP contribution >= 0.6 is 0 Å². The zero-order valence-corrected chi connectivity index (χ0v) is 9.97. The number of hydrogen-bond donors (Lipinski definition) is 0. The van der Waals surface area contributed by atoms with Gasteiger partial charge in [-0.1, -0.05) is 54.6 Å². The highest BCUT2D eigenvalue weighted by Crippen LogP contribution is 2.22. The lowest BCUT2D eigenvalue weighted by Crippen LogP contribution is -2.03. The Morgan fingerprint density at radius 1 is 1.00 bits per heavy atom. The fourth-order valence-electron chi connectivity index (χ4n) is 1.66. The molecule has 0 saturated carbocycles. The van der Waals surface area contributed by atoms with Crippen LogP contribution in [-0.4, -0.2) is 0 Å². The summed E-state index contributed by atoms with van der Waals surface area (Å²) in [6, 6.07) is 18.1. The van der Waals surface area contributed by atoms with Gasteiger partial charge in [0.25, 0.3) is 0 Å². The van der Waals surface area contributed by atoms with Gasteiger partial charge in [-0.2, -0.15) is 0 Å². The Labute approximate surface area is 102 Å². The van der Waals surface area contributed by atoms with Gasteiger partial charge in [-0.15, -0.1) is 0 Å². The SMILES string of the molecule is C=CC(Oc1ccc(C)cc1)c1ccccc1. The third-order valence-electron chi connectivity index (χ3n) is 2.63. The number of rotatable bonds is 4. The van der Waals surface area contributed by atoms with Crippen LogP contribution in [0, 0.1) is 6.92 Å². The van der Waals surface area contributed by atoms with Crippen molar-refractivity contribution >= 4 is 0 Å². The van der Waals surface area contributed by atoms with Gasteiger partial charge in [0.2, 0.25) is 0 Å². The van der Waals surface area contributed by atoms with E-state index in [1.807, 2.05) is 60.7 Å². The highest BCUT2D eigenvalue weighted by molar-refractivity contribution is 5.29. The van der Waals surface area contributed by atoms with Crippen molar-refractivity contribution in [2.24, 2.45) is 0 Å². The van der Waals surface area contributed by atoms with Crippen molar-refractivity contribution < 1.29 is 4.74 Å². The molecule has 0 heterocycles. The van der Waals surface area contributed by atoms with Crippen molar-refractivity contribution in [1.82, 2.24) is 0 Å². The lowest BCUT2D eigenvalue weighted by atomic mass is 10.1. The van der Waals surface area contributed by atoms with E-state index in [1.165, 1.54) is 5.56 Å². The molecule has 1 heteroatoms. The van der Waals surface area contributed by atoms with Gasteiger partial charge in [0.05, 0.1) is 0 Å². The molecule has 0 aliphatic carbocycles. The van der Waals surface area contributed by atoms with Crippen LogP contribution in [0.4, 0.5) is 0 Å². The van der Waals surface area contributed by atoms with Gasteiger partial charge in [0.15, 0.2) is 0 Å². The maximum atomic E-state index is 5.89. The predicted molar refractivity (Wildman–Crippen MR) is 71.2 cm³/mol. The molecule has 0 aliphatic rings. The Morgan fingerprint density at radius 2 is 1.65 bits per heavy atom. The molecule has 2 rings (SSSR count). The van der Waals surface area contributed by atoms with Crippen LogP contribution in [0.15, 0.2) is 67.3 Å². The molecule has 86 valence electrons. The smallest absolute Gasteiger partial charge is 0.142 e. The van der Waals surface area contributed by atoms with Crippen LogP contribution in [0.2, 0.25) is 0 Å². The fraction of sp³-hybridized carbons (Fsp3) is 0.125. The van der Waals surface area contributed by atoms with Gasteiger partial charge in [-0.05, 0) is 30.7 Å². The van der Waals surface area contributed by atoms with Crippen LogP contribution < -0.4 is 4.74 Å². The summed E-state index contributed by atoms with van der Waals surface area (Å²) in [6.45, 7) is 5.89. The zero-order chi connectivity index (χ0) is 12.1. The van der Waals surface area contributed by atoms with E-state index in [0.29, 0.717) is 0 Å². The van der Waals surface area contributed by atoms with Crippen molar-refractivity contribution in [3.8, 4) is 5.75 Å². The van der Waals surface area contributed by atoms with Gasteiger partial charge in [-0.25, -0.2) is 0 Å². The maximum Gasteiger partial charge on any atom is 0.142 e. The molecule has 0 spiro atoms. The Kier molecular flexibility index (Phi) is 3.61. The molecule has 1 atom stereocenters. The average molecular weight is 224 g/mol. The fourth-order valence-corrected chi connectivity index (χ4v) is 1.66. The lowest BCUT2D eigenvalue weighted by molar-refractivity contribution is 0.256. The summed E-state index contributed by atoms with van der Waals surface area (Å²) in [7, 11) is 0. The van der Waals surface area contributed by atoms with Gasteiger partial charge in [-0.3, -0.25) is 0 Å². The summed E-state index contributed by atoms with van der Waals surface area (Å²) in [5, 5.41) is 0. The third-order valence-corrected chi connectivity index (χ3v) is 2.63. The normalized spacial score (nSPS) is 11.8. The molecule has 0 saturated heterocycles. The van der Waals surface area contributed by atoms with E-state index in [2.05, 4.69) is 13.5 Å². The molecule has 0 bridgehead atoms. The molecule has 0 fully saturated rings. The largest absolute Gasteiger partial charge is 0.482 e. The predicted octanol–water partition coefficient (Wildman–Crippen LogP) is 4.30. The molecule has 0 amide bonds. The Morgan fingerprint density at radius 3 is 2.24 bits per heavy atom. The summed E-state index contributed by atoms with van der Waals surface area (Å²) in [5.41, 5.74) is 2.34. The molecular weight excluding hydrogens is 208 g/mol. The van der Waals surface area contributed by atoms with Crippen LogP contribution in [0.5, 0.6) is 5.75 Å². The molecule has 17 heavy (non-hydrogen) atoms. The van der Waals surface area contributed by atoms with Crippen molar-refractivity contribution in [3.63, 3.8) is 0 Å². The highest BCUT2D eigenvalue weighted by Gasteiger charge is 2.08. The quantitative estimate of drug-likeness (QED) is 0.703. The van der Waals surface area contributed by atoms with Crippen molar-refractivity contribution in [2.45, 2.75) is 13.0 Å². The molecule has 2 aromatic carbocycles. The molecule has 0 radical (unpaired) electrons. The average Bonchev–Trinajstić information content (AvgIpc) is 2.39. The second-order valence-corrected chi connectivity index (χ2v) is 4.00. The van der Waals surface area contributed by atoms with E-state index in [4.69, 9.17) is 4.74 Å². The first kappa shape index (κ1) is 11.5. The van der Waals surface area contributed by atoms with Gasteiger partial charge in [0.1, 0.15) is 11.9 Å². The highest BCUT2D eigenvalue weighted by atomic mass is 16.5. The van der Waals surface area contributed by atoms with Crippen LogP contribution in [0.25, 0.3) is 0 Å². The topological polar surface area (TPSA) is 9.23 Å². The molecule has 1 unspecified atom stereocenters. The van der Waals surface area contributed by atoms with Crippen LogP contribution in [-0.2, 0) is 0 Å². The monoisotopic (exact) mass is 224 g/mol. The zero-order valence-electron chi connectivity index (χ0n) is 9.97. The Bertz CT molecular complexity index is 471. The molecular formula is C16H16O. The van der Waals surface area contributed by atoms with Gasteiger partial charge < -0.3 is 4.74 Å². The lowest BCUT2D eigenvalue weighted by Gasteiger charge is -2.15. The first-order chi connectivity index (χ1) is 8.29. The Hall–Kier alpha value is -2.02. The number of benzene rings is 2. The number of ether oxygens (including phenoxy) is 1. The summed E-state index contributed by atoms with van der Waals surface area (Å²) in [5.74, 6) is 0.865. The van der Waals surface area contributed by atoms with E-state index in [-0.39, 0.29) is 6.10 Å². The minimum Gasteiger partial charge on any atom is -0.482 e. The van der Waals surface area contributed by atoms with Gasteiger partial charge in [0, 0.05) is 0 Å². The minimum atomic E-state index is -0.0982. The molecule has 0 aromatic heterocycles. The Balaban J connectivity index is 2.16. The first-order valence-electron chi connectivity index (χ1n) is 5.70. The first-order valence-corrected chi connectivity index (χ1v) is 5.70. The number of hydrogen-bond acceptors (Lipinski definition) is 1. The standard InChI is InChI=1S/C16H16O/c1-3-16(14-7-5-4-6-8-14)17-15-11-9-13(2)10-12-15/h3-12,16H,1H2,2H3. The molecule has 0 N–H and O–H groups in total. The third kappa shape index (κ3) is 2.97. The van der Waals surface area contributed by atoms with E-state index in [0.717, 1.165) is 11.3 Å². The summed E-state index contributed by atoms with van der Waals surface area (Å²) in [4.78, 5) is 0. The van der Waals surface area contributed by atoms with E-state index in [1.54, 1.807) is 0 Å². The van der Waals surface area contributed by atoms with Crippen molar-refractivity contribution in [2.75, 3.05) is 0 Å². The minimum absolute atomic E-state index is 0.0982. The van der Waals surface area contributed by atoms with E-state index < -0.39 is 0 Å². The molecule has 2 aromatic rings.